The Kier molecular flexibility index (Phi) is 35.4. The number of aliphatic carboxylic acids is 1. The van der Waals surface area contributed by atoms with E-state index in [2.05, 4.69) is 62.5 Å². The van der Waals surface area contributed by atoms with E-state index in [0.29, 0.717) is 19.3 Å². The Balaban J connectivity index is 4.29. The van der Waals surface area contributed by atoms with Gasteiger partial charge in [0.2, 0.25) is 0 Å². The normalized spacial score (nSPS) is 13.4. The molecule has 0 aromatic rings. The van der Waals surface area contributed by atoms with Crippen LogP contribution in [-0.4, -0.2) is 80.6 Å². The third kappa shape index (κ3) is 35.0. The number of unbranched alkanes of at least 4 members (excludes halogenated alkanes) is 16. The minimum atomic E-state index is -0.878. The third-order valence-corrected chi connectivity index (χ3v) is 9.49. The minimum absolute atomic E-state index is 0.0536. The van der Waals surface area contributed by atoms with Gasteiger partial charge in [-0.1, -0.05) is 152 Å². The average Bonchev–Trinajstić information content (AvgIpc) is 3.12. The van der Waals surface area contributed by atoms with Gasteiger partial charge in [0.05, 0.1) is 34.4 Å². The molecule has 0 saturated carbocycles. The van der Waals surface area contributed by atoms with Gasteiger partial charge in [-0.2, -0.15) is 0 Å². The molecule has 1 N–H and O–H groups in total. The minimum Gasteiger partial charge on any atom is -0.477 e. The fraction of sp³-hybridized carbons (Fsp3) is 0.761. The predicted octanol–water partition coefficient (Wildman–Crippen LogP) is 11.6. The Labute approximate surface area is 331 Å². The number of carboxylic acids is 1. The van der Waals surface area contributed by atoms with Gasteiger partial charge in [0.15, 0.2) is 12.1 Å². The zero-order chi connectivity index (χ0) is 40.0. The molecular formula is C46H82NO7+. The maximum Gasteiger partial charge on any atom is 0.362 e. The fourth-order valence-electron chi connectivity index (χ4n) is 6.14. The Morgan fingerprint density at radius 1 is 0.574 bits per heavy atom. The number of hydrogen-bond acceptors (Lipinski definition) is 6. The summed E-state index contributed by atoms with van der Waals surface area (Å²) in [5.41, 5.74) is 0. The van der Waals surface area contributed by atoms with Crippen molar-refractivity contribution < 1.29 is 38.2 Å². The summed E-state index contributed by atoms with van der Waals surface area (Å²) in [7, 11) is 5.52. The van der Waals surface area contributed by atoms with Crippen LogP contribution in [0.1, 0.15) is 174 Å². The quantitative estimate of drug-likeness (QED) is 0.0289. The monoisotopic (exact) mass is 761 g/mol. The summed E-state index contributed by atoms with van der Waals surface area (Å²) in [6.07, 6.45) is 43.0. The molecule has 312 valence electrons. The maximum absolute atomic E-state index is 12.7. The largest absolute Gasteiger partial charge is 0.477 e. The molecular weight excluding hydrogens is 679 g/mol. The van der Waals surface area contributed by atoms with Crippen molar-refractivity contribution in [2.24, 2.45) is 0 Å². The van der Waals surface area contributed by atoms with Gasteiger partial charge in [-0.15, -0.1) is 0 Å². The lowest BCUT2D eigenvalue weighted by Crippen LogP contribution is -2.50. The lowest BCUT2D eigenvalue weighted by Gasteiger charge is -2.31. The van der Waals surface area contributed by atoms with Crippen molar-refractivity contribution in [3.05, 3.63) is 48.6 Å². The summed E-state index contributed by atoms with van der Waals surface area (Å²) in [6, 6.07) is -0.615. The number of rotatable bonds is 38. The Hall–Kier alpha value is -2.71. The molecule has 0 bridgehead atoms. The van der Waals surface area contributed by atoms with Crippen LogP contribution in [0.2, 0.25) is 0 Å². The summed E-state index contributed by atoms with van der Waals surface area (Å²) in [5, 5.41) is 9.60. The molecule has 0 aliphatic rings. The molecule has 2 atom stereocenters. The summed E-state index contributed by atoms with van der Waals surface area (Å²) >= 11 is 0. The molecule has 0 aromatic heterocycles. The highest BCUT2D eigenvalue weighted by atomic mass is 16.6. The zero-order valence-corrected chi connectivity index (χ0v) is 35.4. The number of hydrogen-bond donors (Lipinski definition) is 1. The molecule has 0 fully saturated rings. The van der Waals surface area contributed by atoms with Crippen molar-refractivity contribution in [3.63, 3.8) is 0 Å². The molecule has 0 saturated heterocycles. The van der Waals surface area contributed by atoms with Crippen LogP contribution in [0, 0.1) is 0 Å². The lowest BCUT2D eigenvalue weighted by molar-refractivity contribution is -0.887. The first kappa shape index (κ1) is 51.3. The van der Waals surface area contributed by atoms with Crippen LogP contribution >= 0.6 is 0 Å². The van der Waals surface area contributed by atoms with E-state index in [1.807, 2.05) is 21.1 Å². The zero-order valence-electron chi connectivity index (χ0n) is 35.4. The highest BCUT2D eigenvalue weighted by Crippen LogP contribution is 2.14. The topological polar surface area (TPSA) is 99.1 Å². The van der Waals surface area contributed by atoms with Crippen molar-refractivity contribution in [1.82, 2.24) is 0 Å². The van der Waals surface area contributed by atoms with Crippen LogP contribution in [0.5, 0.6) is 0 Å². The van der Waals surface area contributed by atoms with Crippen molar-refractivity contribution >= 4 is 17.9 Å². The second-order valence-electron chi connectivity index (χ2n) is 15.6. The van der Waals surface area contributed by atoms with Crippen LogP contribution in [-0.2, 0) is 28.6 Å². The van der Waals surface area contributed by atoms with Gasteiger partial charge in [0.25, 0.3) is 0 Å². The van der Waals surface area contributed by atoms with Crippen molar-refractivity contribution in [1.29, 1.82) is 0 Å². The summed E-state index contributed by atoms with van der Waals surface area (Å²) in [6.45, 7) is 4.59. The molecule has 0 aromatic carbocycles. The average molecular weight is 761 g/mol. The molecule has 0 amide bonds. The standard InChI is InChI=1S/C46H81NO7/c1-6-8-10-12-14-16-17-18-19-20-21-22-23-24-25-26-27-29-31-33-35-37-45(49)54-42(40-52-39-38-43(46(50)51)47(3,4)5)41-53-44(48)36-34-32-30-28-15-13-11-9-7-2/h8,10,14,16,18-19,21-22,42-43H,6-7,9,11-13,15,17,20,23-41H2,1-5H3/p+1/b10-8-,16-14-,19-18-,22-21-. The number of carboxylic acid groups (broad SMARTS) is 1. The SMILES string of the molecule is CC/C=C\C/C=C\C/C=C\C/C=C\CCCCCCCCCCC(=O)OC(COCCC(C(=O)O)[N+](C)(C)C)COC(=O)CCCCCCCCCCC. The number of ether oxygens (including phenoxy) is 3. The van der Waals surface area contributed by atoms with E-state index in [-0.39, 0.29) is 36.2 Å². The van der Waals surface area contributed by atoms with E-state index in [4.69, 9.17) is 14.2 Å². The Morgan fingerprint density at radius 2 is 1.04 bits per heavy atom. The van der Waals surface area contributed by atoms with Gasteiger partial charge >= 0.3 is 17.9 Å². The smallest absolute Gasteiger partial charge is 0.362 e. The highest BCUT2D eigenvalue weighted by molar-refractivity contribution is 5.72. The Bertz CT molecular complexity index is 1030. The van der Waals surface area contributed by atoms with Gasteiger partial charge in [-0.3, -0.25) is 9.59 Å². The van der Waals surface area contributed by atoms with Crippen molar-refractivity contribution in [2.75, 3.05) is 41.0 Å². The van der Waals surface area contributed by atoms with Gasteiger partial charge in [0.1, 0.15) is 6.61 Å². The Morgan fingerprint density at radius 3 is 1.54 bits per heavy atom. The molecule has 0 aliphatic heterocycles. The molecule has 0 aliphatic carbocycles. The van der Waals surface area contributed by atoms with Crippen LogP contribution < -0.4 is 0 Å². The van der Waals surface area contributed by atoms with Gasteiger partial charge < -0.3 is 23.8 Å². The number of carbonyl (C=O) groups is 3. The van der Waals surface area contributed by atoms with E-state index >= 15 is 0 Å². The number of carbonyl (C=O) groups excluding carboxylic acids is 2. The number of esters is 2. The molecule has 0 spiro atoms. The number of allylic oxidation sites excluding steroid dienone is 8. The predicted molar refractivity (Wildman–Crippen MR) is 224 cm³/mol. The molecule has 0 rings (SSSR count). The highest BCUT2D eigenvalue weighted by Gasteiger charge is 2.31. The molecule has 2 unspecified atom stereocenters. The van der Waals surface area contributed by atoms with Gasteiger partial charge in [0, 0.05) is 19.3 Å². The van der Waals surface area contributed by atoms with E-state index in [1.165, 1.54) is 70.6 Å². The van der Waals surface area contributed by atoms with E-state index < -0.39 is 18.1 Å². The van der Waals surface area contributed by atoms with Crippen LogP contribution in [0.3, 0.4) is 0 Å². The molecule has 54 heavy (non-hydrogen) atoms. The molecule has 0 radical (unpaired) electrons. The number of likely N-dealkylation sites (N-methyl/N-ethyl adjacent to an activating group) is 1. The number of quaternary nitrogens is 1. The van der Waals surface area contributed by atoms with Gasteiger partial charge in [-0.25, -0.2) is 4.79 Å². The van der Waals surface area contributed by atoms with Crippen LogP contribution in [0.4, 0.5) is 0 Å². The first-order chi connectivity index (χ1) is 26.1. The first-order valence-electron chi connectivity index (χ1n) is 21.7. The fourth-order valence-corrected chi connectivity index (χ4v) is 6.14. The molecule has 0 heterocycles. The van der Waals surface area contributed by atoms with Crippen molar-refractivity contribution in [3.8, 4) is 0 Å². The number of nitrogens with zero attached hydrogens (tertiary/aromatic N) is 1. The maximum atomic E-state index is 12.7. The lowest BCUT2D eigenvalue weighted by atomic mass is 10.1. The first-order valence-corrected chi connectivity index (χ1v) is 21.7. The molecule has 8 nitrogen and oxygen atoms in total. The second kappa shape index (κ2) is 37.2. The summed E-state index contributed by atoms with van der Waals surface area (Å²) < 4.78 is 17.2. The second-order valence-corrected chi connectivity index (χ2v) is 15.6. The van der Waals surface area contributed by atoms with E-state index in [0.717, 1.165) is 70.6 Å². The van der Waals surface area contributed by atoms with Crippen LogP contribution in [0.25, 0.3) is 0 Å². The molecule has 8 heteroatoms. The van der Waals surface area contributed by atoms with Gasteiger partial charge in [-0.05, 0) is 51.4 Å². The van der Waals surface area contributed by atoms with Crippen molar-refractivity contribution in [2.45, 2.75) is 187 Å². The van der Waals surface area contributed by atoms with Crippen LogP contribution in [0.15, 0.2) is 48.6 Å². The summed E-state index contributed by atoms with van der Waals surface area (Å²) in [5.74, 6) is -1.48. The van der Waals surface area contributed by atoms with E-state index in [1.54, 1.807) is 0 Å². The van der Waals surface area contributed by atoms with E-state index in [9.17, 15) is 19.5 Å². The third-order valence-electron chi connectivity index (χ3n) is 9.49. The summed E-state index contributed by atoms with van der Waals surface area (Å²) in [4.78, 5) is 36.9.